The quantitative estimate of drug-likeness (QED) is 0.690. The van der Waals surface area contributed by atoms with Crippen LogP contribution in [0.2, 0.25) is 0 Å². The van der Waals surface area contributed by atoms with Crippen LogP contribution in [-0.4, -0.2) is 37.0 Å². The minimum absolute atomic E-state index is 0.0513. The highest BCUT2D eigenvalue weighted by molar-refractivity contribution is 5.81. The zero-order valence-corrected chi connectivity index (χ0v) is 13.1. The summed E-state index contributed by atoms with van der Waals surface area (Å²) in [5.74, 6) is -0.375. The SMILES string of the molecule is COC(=O)C[C@@H](C)NC(=O)C[C@H](C)NC(=O)C1CCCC1. The second-order valence-electron chi connectivity index (χ2n) is 5.84. The van der Waals surface area contributed by atoms with E-state index in [0.29, 0.717) is 0 Å². The third-order valence-corrected chi connectivity index (χ3v) is 3.71. The van der Waals surface area contributed by atoms with Gasteiger partial charge in [-0.05, 0) is 26.7 Å². The van der Waals surface area contributed by atoms with Crippen LogP contribution >= 0.6 is 0 Å². The number of hydrogen-bond acceptors (Lipinski definition) is 4. The standard InChI is InChI=1S/C15H26N2O4/c1-10(17-15(20)12-6-4-5-7-12)8-13(18)16-11(2)9-14(19)21-3/h10-12H,4-9H2,1-3H3,(H,16,18)(H,17,20)/t10-,11+/m0/s1. The molecule has 0 unspecified atom stereocenters. The Morgan fingerprint density at radius 1 is 1.05 bits per heavy atom. The van der Waals surface area contributed by atoms with E-state index in [2.05, 4.69) is 15.4 Å². The van der Waals surface area contributed by atoms with E-state index >= 15 is 0 Å². The van der Waals surface area contributed by atoms with Gasteiger partial charge in [-0.2, -0.15) is 0 Å². The van der Waals surface area contributed by atoms with Gasteiger partial charge < -0.3 is 15.4 Å². The van der Waals surface area contributed by atoms with E-state index in [1.54, 1.807) is 6.92 Å². The van der Waals surface area contributed by atoms with Crippen molar-refractivity contribution >= 4 is 17.8 Å². The van der Waals surface area contributed by atoms with Crippen LogP contribution in [0, 0.1) is 5.92 Å². The van der Waals surface area contributed by atoms with Crippen molar-refractivity contribution in [3.8, 4) is 0 Å². The predicted octanol–water partition coefficient (Wildman–Crippen LogP) is 1.14. The maximum atomic E-state index is 11.9. The summed E-state index contributed by atoms with van der Waals surface area (Å²) in [5, 5.41) is 5.61. The zero-order valence-electron chi connectivity index (χ0n) is 13.1. The lowest BCUT2D eigenvalue weighted by Crippen LogP contribution is -2.42. The molecule has 6 nitrogen and oxygen atoms in total. The minimum atomic E-state index is -0.356. The van der Waals surface area contributed by atoms with E-state index in [1.807, 2.05) is 6.92 Å². The number of nitrogens with one attached hydrogen (secondary N) is 2. The molecule has 0 saturated heterocycles. The van der Waals surface area contributed by atoms with E-state index in [4.69, 9.17) is 0 Å². The lowest BCUT2D eigenvalue weighted by Gasteiger charge is -2.18. The van der Waals surface area contributed by atoms with Gasteiger partial charge in [-0.25, -0.2) is 0 Å². The molecule has 120 valence electrons. The van der Waals surface area contributed by atoms with E-state index < -0.39 is 0 Å². The molecule has 0 heterocycles. The molecule has 2 amide bonds. The molecule has 2 atom stereocenters. The number of methoxy groups -OCH3 is 1. The molecule has 0 aromatic rings. The molecule has 0 bridgehead atoms. The molecule has 1 saturated carbocycles. The summed E-state index contributed by atoms with van der Waals surface area (Å²) < 4.78 is 4.55. The molecule has 0 aromatic heterocycles. The summed E-state index contributed by atoms with van der Waals surface area (Å²) >= 11 is 0. The number of hydrogen-bond donors (Lipinski definition) is 2. The Kier molecular flexibility index (Phi) is 7.19. The maximum Gasteiger partial charge on any atom is 0.307 e. The van der Waals surface area contributed by atoms with Gasteiger partial charge in [0.15, 0.2) is 0 Å². The zero-order chi connectivity index (χ0) is 15.8. The highest BCUT2D eigenvalue weighted by atomic mass is 16.5. The minimum Gasteiger partial charge on any atom is -0.469 e. The number of esters is 1. The van der Waals surface area contributed by atoms with Crippen molar-refractivity contribution in [2.45, 2.75) is 64.5 Å². The van der Waals surface area contributed by atoms with Crippen molar-refractivity contribution < 1.29 is 19.1 Å². The number of carbonyl (C=O) groups excluding carboxylic acids is 3. The third-order valence-electron chi connectivity index (χ3n) is 3.71. The van der Waals surface area contributed by atoms with Crippen LogP contribution in [0.1, 0.15) is 52.4 Å². The van der Waals surface area contributed by atoms with Crippen molar-refractivity contribution in [2.24, 2.45) is 5.92 Å². The van der Waals surface area contributed by atoms with Crippen molar-refractivity contribution in [2.75, 3.05) is 7.11 Å². The summed E-state index contributed by atoms with van der Waals surface area (Å²) in [6.07, 6.45) is 4.47. The highest BCUT2D eigenvalue weighted by Crippen LogP contribution is 2.24. The summed E-state index contributed by atoms with van der Waals surface area (Å²) in [5.41, 5.74) is 0. The van der Waals surface area contributed by atoms with Gasteiger partial charge >= 0.3 is 5.97 Å². The lowest BCUT2D eigenvalue weighted by atomic mass is 10.1. The van der Waals surface area contributed by atoms with Gasteiger partial charge in [0.25, 0.3) is 0 Å². The van der Waals surface area contributed by atoms with E-state index in [9.17, 15) is 14.4 Å². The number of amides is 2. The van der Waals surface area contributed by atoms with Crippen LogP contribution in [0.15, 0.2) is 0 Å². The van der Waals surface area contributed by atoms with Crippen molar-refractivity contribution in [1.82, 2.24) is 10.6 Å². The Balaban J connectivity index is 2.26. The largest absolute Gasteiger partial charge is 0.469 e. The smallest absolute Gasteiger partial charge is 0.307 e. The molecule has 0 aliphatic heterocycles. The molecule has 1 aliphatic rings. The first-order valence-corrected chi connectivity index (χ1v) is 7.59. The first kappa shape index (κ1) is 17.5. The van der Waals surface area contributed by atoms with Crippen molar-refractivity contribution in [1.29, 1.82) is 0 Å². The molecule has 1 fully saturated rings. The van der Waals surface area contributed by atoms with Gasteiger partial charge in [-0.3, -0.25) is 14.4 Å². The fourth-order valence-electron chi connectivity index (χ4n) is 2.60. The number of ether oxygens (including phenoxy) is 1. The second kappa shape index (κ2) is 8.64. The predicted molar refractivity (Wildman–Crippen MR) is 78.4 cm³/mol. The molecule has 6 heteroatoms. The fourth-order valence-corrected chi connectivity index (χ4v) is 2.60. The van der Waals surface area contributed by atoms with E-state index in [-0.39, 0.29) is 48.6 Å². The average molecular weight is 298 g/mol. The van der Waals surface area contributed by atoms with Gasteiger partial charge in [-0.15, -0.1) is 0 Å². The summed E-state index contributed by atoms with van der Waals surface area (Å²) in [4.78, 5) is 34.8. The molecule has 1 rings (SSSR count). The average Bonchev–Trinajstić information content (AvgIpc) is 2.91. The maximum absolute atomic E-state index is 11.9. The van der Waals surface area contributed by atoms with Crippen LogP contribution in [0.25, 0.3) is 0 Å². The molecule has 0 aromatic carbocycles. The number of rotatable bonds is 7. The summed E-state index contributed by atoms with van der Waals surface area (Å²) in [6, 6.07) is -0.480. The Hall–Kier alpha value is -1.59. The Morgan fingerprint density at radius 3 is 2.19 bits per heavy atom. The Labute approximate surface area is 126 Å². The summed E-state index contributed by atoms with van der Waals surface area (Å²) in [7, 11) is 1.32. The van der Waals surface area contributed by atoms with Crippen LogP contribution < -0.4 is 10.6 Å². The first-order valence-electron chi connectivity index (χ1n) is 7.59. The van der Waals surface area contributed by atoms with E-state index in [0.717, 1.165) is 25.7 Å². The topological polar surface area (TPSA) is 84.5 Å². The molecule has 21 heavy (non-hydrogen) atoms. The monoisotopic (exact) mass is 298 g/mol. The normalized spacial score (nSPS) is 17.9. The van der Waals surface area contributed by atoms with Gasteiger partial charge in [-0.1, -0.05) is 12.8 Å². The molecule has 2 N–H and O–H groups in total. The third kappa shape index (κ3) is 6.60. The fraction of sp³-hybridized carbons (Fsp3) is 0.800. The molecule has 1 aliphatic carbocycles. The van der Waals surface area contributed by atoms with Gasteiger partial charge in [0.1, 0.15) is 0 Å². The van der Waals surface area contributed by atoms with Gasteiger partial charge in [0, 0.05) is 24.4 Å². The summed E-state index contributed by atoms with van der Waals surface area (Å²) in [6.45, 7) is 3.56. The van der Waals surface area contributed by atoms with Crippen LogP contribution in [0.5, 0.6) is 0 Å². The highest BCUT2D eigenvalue weighted by Gasteiger charge is 2.24. The Morgan fingerprint density at radius 2 is 1.62 bits per heavy atom. The molecule has 0 radical (unpaired) electrons. The van der Waals surface area contributed by atoms with Crippen molar-refractivity contribution in [3.05, 3.63) is 0 Å². The Bertz CT molecular complexity index is 378. The molecular formula is C15H26N2O4. The van der Waals surface area contributed by atoms with Crippen molar-refractivity contribution in [3.63, 3.8) is 0 Å². The molecule has 0 spiro atoms. The van der Waals surface area contributed by atoms with Crippen LogP contribution in [0.4, 0.5) is 0 Å². The first-order chi connectivity index (χ1) is 9.92. The lowest BCUT2D eigenvalue weighted by molar-refractivity contribution is -0.141. The van der Waals surface area contributed by atoms with Gasteiger partial charge in [0.05, 0.1) is 13.5 Å². The van der Waals surface area contributed by atoms with Crippen LogP contribution in [-0.2, 0) is 19.1 Å². The van der Waals surface area contributed by atoms with Gasteiger partial charge in [0.2, 0.25) is 11.8 Å². The molecular weight excluding hydrogens is 272 g/mol. The van der Waals surface area contributed by atoms with Crippen LogP contribution in [0.3, 0.4) is 0 Å². The number of carbonyl (C=O) groups is 3. The second-order valence-corrected chi connectivity index (χ2v) is 5.84. The van der Waals surface area contributed by atoms with E-state index in [1.165, 1.54) is 7.11 Å².